The van der Waals surface area contributed by atoms with Gasteiger partial charge < -0.3 is 5.32 Å². The molecule has 0 atom stereocenters. The Bertz CT molecular complexity index is 902. The summed E-state index contributed by atoms with van der Waals surface area (Å²) in [6.07, 6.45) is 3.84. The number of aromatic nitrogens is 3. The summed E-state index contributed by atoms with van der Waals surface area (Å²) in [6.45, 7) is 1.32. The van der Waals surface area contributed by atoms with Crippen LogP contribution in [0.15, 0.2) is 53.6 Å². The monoisotopic (exact) mass is 336 g/mol. The minimum absolute atomic E-state index is 0.0677. The van der Waals surface area contributed by atoms with Crippen molar-refractivity contribution in [3.05, 3.63) is 54.4 Å². The smallest absolute Gasteiger partial charge is 0.269 e. The summed E-state index contributed by atoms with van der Waals surface area (Å²) in [5.41, 5.74) is 4.33. The lowest BCUT2D eigenvalue weighted by Crippen LogP contribution is -2.35. The number of hydrogen-bond donors (Lipinski definition) is 1. The third-order valence-corrected chi connectivity index (χ3v) is 4.81. The minimum Gasteiger partial charge on any atom is -0.349 e. The molecule has 24 heavy (non-hydrogen) atoms. The van der Waals surface area contributed by atoms with Gasteiger partial charge in [0.15, 0.2) is 0 Å². The largest absolute Gasteiger partial charge is 0.349 e. The molecule has 3 heterocycles. The van der Waals surface area contributed by atoms with Crippen molar-refractivity contribution in [3.8, 4) is 22.5 Å². The van der Waals surface area contributed by atoms with E-state index in [1.54, 1.807) is 22.6 Å². The Morgan fingerprint density at radius 1 is 1.08 bits per heavy atom. The van der Waals surface area contributed by atoms with E-state index in [0.29, 0.717) is 18.8 Å². The van der Waals surface area contributed by atoms with E-state index >= 15 is 0 Å². The number of carbonyl (C=O) groups excluding carboxylic acids is 1. The summed E-state index contributed by atoms with van der Waals surface area (Å²) < 4.78 is 1.77. The van der Waals surface area contributed by atoms with Crippen LogP contribution in [0.3, 0.4) is 0 Å². The normalized spacial score (nSPS) is 13.5. The SMILES string of the molecule is CSc1ccc(-c2cc(-c3cc4n(n3)CCNC4=O)ccn2)cc1. The Hall–Kier alpha value is -2.60. The van der Waals surface area contributed by atoms with Crippen molar-refractivity contribution in [1.29, 1.82) is 0 Å². The zero-order valence-corrected chi connectivity index (χ0v) is 14.0. The highest BCUT2D eigenvalue weighted by Crippen LogP contribution is 2.26. The van der Waals surface area contributed by atoms with Crippen LogP contribution in [-0.4, -0.2) is 33.5 Å². The molecule has 0 fully saturated rings. The number of nitrogens with zero attached hydrogens (tertiary/aromatic N) is 3. The van der Waals surface area contributed by atoms with Gasteiger partial charge in [-0.1, -0.05) is 12.1 Å². The predicted octanol–water partition coefficient (Wildman–Crippen LogP) is 3.08. The molecule has 120 valence electrons. The van der Waals surface area contributed by atoms with Gasteiger partial charge in [0.05, 0.1) is 17.9 Å². The molecule has 1 amide bonds. The first-order valence-corrected chi connectivity index (χ1v) is 8.94. The van der Waals surface area contributed by atoms with E-state index in [0.717, 1.165) is 22.5 Å². The molecule has 5 nitrogen and oxygen atoms in total. The maximum Gasteiger partial charge on any atom is 0.269 e. The van der Waals surface area contributed by atoms with Crippen molar-refractivity contribution in [2.75, 3.05) is 12.8 Å². The highest BCUT2D eigenvalue weighted by molar-refractivity contribution is 7.98. The topological polar surface area (TPSA) is 59.8 Å². The first-order chi connectivity index (χ1) is 11.7. The van der Waals surface area contributed by atoms with Crippen molar-refractivity contribution in [2.24, 2.45) is 0 Å². The van der Waals surface area contributed by atoms with E-state index in [9.17, 15) is 4.79 Å². The standard InChI is InChI=1S/C18H16N4OS/c1-24-14-4-2-12(3-5-14)15-10-13(6-7-19-15)16-11-17-18(23)20-8-9-22(17)21-16/h2-7,10-11H,8-9H2,1H3,(H,20,23). The number of hydrogen-bond acceptors (Lipinski definition) is 4. The quantitative estimate of drug-likeness (QED) is 0.747. The Morgan fingerprint density at radius 3 is 2.67 bits per heavy atom. The Balaban J connectivity index is 1.71. The van der Waals surface area contributed by atoms with Crippen molar-refractivity contribution >= 4 is 17.7 Å². The third kappa shape index (κ3) is 2.69. The molecule has 4 rings (SSSR count). The van der Waals surface area contributed by atoms with E-state index in [-0.39, 0.29) is 5.91 Å². The van der Waals surface area contributed by atoms with Crippen LogP contribution < -0.4 is 5.32 Å². The van der Waals surface area contributed by atoms with Gasteiger partial charge in [-0.05, 0) is 36.6 Å². The predicted molar refractivity (Wildman–Crippen MR) is 95.0 cm³/mol. The Labute approximate surface area is 144 Å². The lowest BCUT2D eigenvalue weighted by atomic mass is 10.1. The number of pyridine rings is 1. The van der Waals surface area contributed by atoms with E-state index in [1.807, 2.05) is 18.2 Å². The van der Waals surface area contributed by atoms with Gasteiger partial charge in [-0.15, -0.1) is 11.8 Å². The van der Waals surface area contributed by atoms with Crippen LogP contribution in [-0.2, 0) is 6.54 Å². The van der Waals surface area contributed by atoms with Gasteiger partial charge in [0, 0.05) is 28.8 Å². The summed E-state index contributed by atoms with van der Waals surface area (Å²) >= 11 is 1.72. The maximum absolute atomic E-state index is 11.9. The van der Waals surface area contributed by atoms with Crippen LogP contribution in [0.5, 0.6) is 0 Å². The van der Waals surface area contributed by atoms with Gasteiger partial charge in [0.2, 0.25) is 0 Å². The van der Waals surface area contributed by atoms with Crippen molar-refractivity contribution in [3.63, 3.8) is 0 Å². The van der Waals surface area contributed by atoms with Gasteiger partial charge in [-0.2, -0.15) is 5.10 Å². The third-order valence-electron chi connectivity index (χ3n) is 4.06. The molecule has 0 radical (unpaired) electrons. The highest BCUT2D eigenvalue weighted by Gasteiger charge is 2.19. The van der Waals surface area contributed by atoms with E-state index in [4.69, 9.17) is 0 Å². The number of nitrogens with one attached hydrogen (secondary N) is 1. The molecule has 0 spiro atoms. The molecule has 1 aromatic carbocycles. The lowest BCUT2D eigenvalue weighted by Gasteiger charge is -2.13. The first-order valence-electron chi connectivity index (χ1n) is 7.71. The van der Waals surface area contributed by atoms with Gasteiger partial charge in [-0.3, -0.25) is 14.5 Å². The average molecular weight is 336 g/mol. The molecule has 6 heteroatoms. The number of benzene rings is 1. The summed E-state index contributed by atoms with van der Waals surface area (Å²) in [6, 6.07) is 14.1. The highest BCUT2D eigenvalue weighted by atomic mass is 32.2. The van der Waals surface area contributed by atoms with Crippen LogP contribution in [0.25, 0.3) is 22.5 Å². The molecule has 0 unspecified atom stereocenters. The Morgan fingerprint density at radius 2 is 1.92 bits per heavy atom. The zero-order valence-electron chi connectivity index (χ0n) is 13.2. The summed E-state index contributed by atoms with van der Waals surface area (Å²) in [4.78, 5) is 17.6. The first kappa shape index (κ1) is 15.0. The van der Waals surface area contributed by atoms with Crippen LogP contribution in [0.2, 0.25) is 0 Å². The molecule has 3 aromatic rings. The second-order valence-electron chi connectivity index (χ2n) is 5.55. The molecule has 1 aliphatic rings. The van der Waals surface area contributed by atoms with Gasteiger partial charge >= 0.3 is 0 Å². The van der Waals surface area contributed by atoms with Crippen molar-refractivity contribution < 1.29 is 4.79 Å². The fraction of sp³-hybridized carbons (Fsp3) is 0.167. The van der Waals surface area contributed by atoms with E-state index in [1.165, 1.54) is 4.90 Å². The number of rotatable bonds is 3. The molecule has 1 aliphatic heterocycles. The lowest BCUT2D eigenvalue weighted by molar-refractivity contribution is 0.0924. The van der Waals surface area contributed by atoms with Crippen LogP contribution in [0.1, 0.15) is 10.5 Å². The summed E-state index contributed by atoms with van der Waals surface area (Å²) in [7, 11) is 0. The molecule has 1 N–H and O–H groups in total. The second kappa shape index (κ2) is 6.13. The maximum atomic E-state index is 11.9. The molecule has 0 aliphatic carbocycles. The summed E-state index contributed by atoms with van der Waals surface area (Å²) in [5, 5.41) is 7.40. The molecular weight excluding hydrogens is 320 g/mol. The fourth-order valence-corrected chi connectivity index (χ4v) is 3.19. The molecule has 0 saturated heterocycles. The second-order valence-corrected chi connectivity index (χ2v) is 6.43. The molecule has 2 aromatic heterocycles. The number of fused-ring (bicyclic) bond motifs is 1. The van der Waals surface area contributed by atoms with Crippen LogP contribution >= 0.6 is 11.8 Å². The van der Waals surface area contributed by atoms with Gasteiger partial charge in [0.25, 0.3) is 5.91 Å². The van der Waals surface area contributed by atoms with Crippen LogP contribution in [0.4, 0.5) is 0 Å². The fourth-order valence-electron chi connectivity index (χ4n) is 2.79. The van der Waals surface area contributed by atoms with Crippen LogP contribution in [0, 0.1) is 0 Å². The van der Waals surface area contributed by atoms with Crippen molar-refractivity contribution in [2.45, 2.75) is 11.4 Å². The average Bonchev–Trinajstić information content (AvgIpc) is 3.08. The minimum atomic E-state index is -0.0677. The van der Waals surface area contributed by atoms with Gasteiger partial charge in [-0.25, -0.2) is 0 Å². The van der Waals surface area contributed by atoms with E-state index in [2.05, 4.69) is 45.9 Å². The molecular formula is C18H16N4OS. The molecule has 0 saturated carbocycles. The zero-order chi connectivity index (χ0) is 16.5. The number of thioether (sulfide) groups is 1. The Kier molecular flexibility index (Phi) is 3.82. The van der Waals surface area contributed by atoms with Gasteiger partial charge in [0.1, 0.15) is 5.69 Å². The van der Waals surface area contributed by atoms with Crippen molar-refractivity contribution in [1.82, 2.24) is 20.1 Å². The molecule has 0 bridgehead atoms. The number of amides is 1. The summed E-state index contributed by atoms with van der Waals surface area (Å²) in [5.74, 6) is -0.0677. The number of carbonyl (C=O) groups is 1. The van der Waals surface area contributed by atoms with E-state index < -0.39 is 0 Å².